The van der Waals surface area contributed by atoms with Crippen LogP contribution in [0.3, 0.4) is 0 Å². The van der Waals surface area contributed by atoms with E-state index in [4.69, 9.17) is 42.6 Å². The topological polar surface area (TPSA) is 86.3 Å². The summed E-state index contributed by atoms with van der Waals surface area (Å²) in [5.74, 6) is 3.22. The number of hydrogen-bond acceptors (Lipinski definition) is 10. The summed E-state index contributed by atoms with van der Waals surface area (Å²) in [6, 6.07) is 5.03. The van der Waals surface area contributed by atoms with Crippen molar-refractivity contribution in [1.82, 2.24) is 4.90 Å². The van der Waals surface area contributed by atoms with Crippen LogP contribution < -0.4 is 9.47 Å². The van der Waals surface area contributed by atoms with E-state index in [1.54, 1.807) is 14.2 Å². The Morgan fingerprint density at radius 1 is 0.848 bits per heavy atom. The van der Waals surface area contributed by atoms with E-state index in [0.29, 0.717) is 84.6 Å². The minimum Gasteiger partial charge on any atom is -0.493 e. The lowest BCUT2D eigenvalue weighted by atomic mass is 9.40. The first-order valence-electron chi connectivity index (χ1n) is 17.7. The predicted octanol–water partition coefficient (Wildman–Crippen LogP) is 3.26. The van der Waals surface area contributed by atoms with Crippen molar-refractivity contribution < 1.29 is 42.6 Å². The van der Waals surface area contributed by atoms with Gasteiger partial charge in [-0.15, -0.1) is 0 Å². The summed E-state index contributed by atoms with van der Waals surface area (Å²) in [6.07, 6.45) is 7.44. The lowest BCUT2D eigenvalue weighted by Gasteiger charge is -2.68. The first-order chi connectivity index (χ1) is 22.6. The molecule has 1 saturated heterocycles. The zero-order valence-corrected chi connectivity index (χ0v) is 28.0. The molecule has 10 heteroatoms. The number of likely N-dealkylation sites (tertiary alicyclic amines) is 1. The van der Waals surface area contributed by atoms with E-state index in [0.717, 1.165) is 43.2 Å². The minimum absolute atomic E-state index is 0.00627. The fourth-order valence-electron chi connectivity index (χ4n) is 11.2. The van der Waals surface area contributed by atoms with Gasteiger partial charge in [-0.05, 0) is 62.6 Å². The molecule has 9 rings (SSSR count). The molecule has 256 valence electrons. The number of piperidine rings is 1. The average molecular weight is 644 g/mol. The molecule has 2 unspecified atom stereocenters. The molecular weight excluding hydrogens is 590 g/mol. The van der Waals surface area contributed by atoms with Crippen molar-refractivity contribution in [2.45, 2.75) is 61.7 Å². The van der Waals surface area contributed by atoms with E-state index in [-0.39, 0.29) is 27.9 Å². The van der Waals surface area contributed by atoms with Crippen LogP contribution in [0.25, 0.3) is 0 Å². The van der Waals surface area contributed by atoms with Crippen LogP contribution in [0.15, 0.2) is 12.1 Å². The van der Waals surface area contributed by atoms with Gasteiger partial charge >= 0.3 is 0 Å². The highest BCUT2D eigenvalue weighted by atomic mass is 16.6. The number of rotatable bonds is 21. The minimum atomic E-state index is -0.316. The maximum absolute atomic E-state index is 7.15. The molecule has 0 radical (unpaired) electrons. The third-order valence-corrected chi connectivity index (χ3v) is 13.0. The zero-order valence-electron chi connectivity index (χ0n) is 28.0. The number of benzene rings is 1. The van der Waals surface area contributed by atoms with Gasteiger partial charge in [0.15, 0.2) is 11.5 Å². The van der Waals surface area contributed by atoms with Crippen molar-refractivity contribution in [1.29, 1.82) is 0 Å². The molecule has 1 aromatic rings. The highest BCUT2D eigenvalue weighted by Gasteiger charge is 2.97. The molecule has 2 heterocycles. The van der Waals surface area contributed by atoms with Crippen LogP contribution >= 0.6 is 0 Å². The molecule has 0 N–H and O–H groups in total. The van der Waals surface area contributed by atoms with Gasteiger partial charge in [-0.25, -0.2) is 0 Å². The molecule has 2 aliphatic heterocycles. The van der Waals surface area contributed by atoms with E-state index >= 15 is 0 Å². The quantitative estimate of drug-likeness (QED) is 0.186. The second-order valence-corrected chi connectivity index (χ2v) is 14.7. The Bertz CT molecular complexity index is 1260. The molecule has 10 nitrogen and oxygen atoms in total. The molecule has 6 fully saturated rings. The molecule has 46 heavy (non-hydrogen) atoms. The van der Waals surface area contributed by atoms with Crippen molar-refractivity contribution >= 4 is 0 Å². The van der Waals surface area contributed by atoms with Gasteiger partial charge in [0, 0.05) is 54.5 Å². The second kappa shape index (κ2) is 12.4. The van der Waals surface area contributed by atoms with Crippen LogP contribution in [0.5, 0.6) is 11.5 Å². The standard InChI is InChI=1S/C36H53NO9/c1-38-10-11-41-12-13-42-14-15-43-16-17-44-18-19-45-24-34-23-33-21-28(34)36(34,40-3)32-35(33)8-9-37(22-25-4-5-25)29(33)20-26-6-7-27(39-2)31(46-32)30(26)35/h6-7,25,28-29,32H,4-5,8-24H2,1-3H3/t28-,29-,32-,33-,34+,35?,36?/m1/s1. The Labute approximate surface area is 273 Å². The highest BCUT2D eigenvalue weighted by Crippen LogP contribution is 2.91. The van der Waals surface area contributed by atoms with Gasteiger partial charge < -0.3 is 42.6 Å². The normalized spacial score (nSPS) is 37.3. The molecule has 5 saturated carbocycles. The van der Waals surface area contributed by atoms with Crippen LogP contribution in [0.2, 0.25) is 0 Å². The van der Waals surface area contributed by atoms with Gasteiger partial charge in [0.2, 0.25) is 0 Å². The van der Waals surface area contributed by atoms with Crippen LogP contribution in [0, 0.1) is 22.7 Å². The van der Waals surface area contributed by atoms with Crippen LogP contribution in [0.1, 0.15) is 43.2 Å². The van der Waals surface area contributed by atoms with Crippen LogP contribution in [-0.4, -0.2) is 130 Å². The van der Waals surface area contributed by atoms with Gasteiger partial charge in [-0.1, -0.05) is 6.07 Å². The van der Waals surface area contributed by atoms with E-state index in [9.17, 15) is 0 Å². The lowest BCUT2D eigenvalue weighted by molar-refractivity contribution is -0.212. The molecule has 0 amide bonds. The number of methoxy groups -OCH3 is 3. The molecule has 6 bridgehead atoms. The van der Waals surface area contributed by atoms with Gasteiger partial charge in [-0.3, -0.25) is 4.90 Å². The van der Waals surface area contributed by atoms with Crippen molar-refractivity contribution in [3.8, 4) is 11.5 Å². The number of ether oxygens (including phenoxy) is 9. The Morgan fingerprint density at radius 3 is 2.15 bits per heavy atom. The van der Waals surface area contributed by atoms with E-state index in [1.807, 2.05) is 7.11 Å². The van der Waals surface area contributed by atoms with Crippen LogP contribution in [0.4, 0.5) is 0 Å². The Balaban J connectivity index is 0.874. The Morgan fingerprint density at radius 2 is 1.52 bits per heavy atom. The van der Waals surface area contributed by atoms with Crippen LogP contribution in [-0.2, 0) is 45.0 Å². The zero-order chi connectivity index (χ0) is 31.4. The maximum Gasteiger partial charge on any atom is 0.165 e. The van der Waals surface area contributed by atoms with E-state index < -0.39 is 0 Å². The molecular formula is C36H53NO9. The molecule has 2 spiro atoms. The lowest BCUT2D eigenvalue weighted by Crippen LogP contribution is -2.76. The molecule has 6 aliphatic carbocycles. The third-order valence-electron chi connectivity index (χ3n) is 13.0. The molecule has 8 aliphatic rings. The number of hydrogen-bond donors (Lipinski definition) is 0. The summed E-state index contributed by atoms with van der Waals surface area (Å²) in [5, 5.41) is 0. The summed E-state index contributed by atoms with van der Waals surface area (Å²) in [6.45, 7) is 8.74. The largest absolute Gasteiger partial charge is 0.493 e. The predicted molar refractivity (Wildman–Crippen MR) is 169 cm³/mol. The van der Waals surface area contributed by atoms with Crippen molar-refractivity contribution in [3.63, 3.8) is 0 Å². The van der Waals surface area contributed by atoms with Crippen molar-refractivity contribution in [2.75, 3.05) is 107 Å². The summed E-state index contributed by atoms with van der Waals surface area (Å²) >= 11 is 0. The van der Waals surface area contributed by atoms with E-state index in [2.05, 4.69) is 17.0 Å². The smallest absolute Gasteiger partial charge is 0.165 e. The number of nitrogens with zero attached hydrogens (tertiary/aromatic N) is 1. The van der Waals surface area contributed by atoms with Gasteiger partial charge in [0.1, 0.15) is 11.7 Å². The monoisotopic (exact) mass is 643 g/mol. The summed E-state index contributed by atoms with van der Waals surface area (Å²) in [5.41, 5.74) is 2.80. The Hall–Kier alpha value is -1.50. The first-order valence-corrected chi connectivity index (χ1v) is 17.7. The SMILES string of the molecule is COCCOCCOCCOCCOCCOC[C@@]12C[C@@]34C[C@H]1C2(OC)[C@@H]1Oc2c(OC)ccc5c2C13CCN(CC1CC1)[C@@H]4C5. The van der Waals surface area contributed by atoms with Gasteiger partial charge in [0.05, 0.1) is 79.8 Å². The van der Waals surface area contributed by atoms with Crippen molar-refractivity contribution in [2.24, 2.45) is 22.7 Å². The molecule has 7 atom stereocenters. The average Bonchev–Trinajstić information content (AvgIpc) is 3.90. The summed E-state index contributed by atoms with van der Waals surface area (Å²) in [4.78, 5) is 2.89. The van der Waals surface area contributed by atoms with Gasteiger partial charge in [0.25, 0.3) is 0 Å². The highest BCUT2D eigenvalue weighted by molar-refractivity contribution is 5.66. The fraction of sp³-hybridized carbons (Fsp3) is 0.833. The fourth-order valence-corrected chi connectivity index (χ4v) is 11.2. The maximum atomic E-state index is 7.15. The molecule has 0 aromatic heterocycles. The summed E-state index contributed by atoms with van der Waals surface area (Å²) < 4.78 is 53.5. The third kappa shape index (κ3) is 4.50. The Kier molecular flexibility index (Phi) is 8.58. The van der Waals surface area contributed by atoms with Gasteiger partial charge in [-0.2, -0.15) is 0 Å². The second-order valence-electron chi connectivity index (χ2n) is 14.7. The first kappa shape index (κ1) is 31.7. The van der Waals surface area contributed by atoms with E-state index in [1.165, 1.54) is 36.9 Å². The summed E-state index contributed by atoms with van der Waals surface area (Å²) in [7, 11) is 5.36. The molecule has 1 aromatic carbocycles. The van der Waals surface area contributed by atoms with Crippen molar-refractivity contribution in [3.05, 3.63) is 23.3 Å².